The summed E-state index contributed by atoms with van der Waals surface area (Å²) < 4.78 is 0. The van der Waals surface area contributed by atoms with E-state index >= 15 is 0 Å². The molecule has 3 rings (SSSR count). The first-order chi connectivity index (χ1) is 12.7. The third-order valence-corrected chi connectivity index (χ3v) is 3.86. The fourth-order valence-corrected chi connectivity index (χ4v) is 2.50. The predicted molar refractivity (Wildman–Crippen MR) is 105 cm³/mol. The topological polar surface area (TPSA) is 52.7 Å². The van der Waals surface area contributed by atoms with E-state index in [1.54, 1.807) is 43.4 Å². The van der Waals surface area contributed by atoms with Crippen LogP contribution in [0.3, 0.4) is 0 Å². The molecule has 0 aliphatic heterocycles. The van der Waals surface area contributed by atoms with Gasteiger partial charge >= 0.3 is 12.1 Å². The van der Waals surface area contributed by atoms with Gasteiger partial charge in [-0.2, -0.15) is 0 Å². The van der Waals surface area contributed by atoms with Crippen molar-refractivity contribution in [2.75, 3.05) is 22.2 Å². The van der Waals surface area contributed by atoms with Gasteiger partial charge in [-0.3, -0.25) is 4.90 Å². The van der Waals surface area contributed by atoms with Crippen molar-refractivity contribution in [1.29, 1.82) is 0 Å². The van der Waals surface area contributed by atoms with Gasteiger partial charge in [-0.15, -0.1) is 0 Å². The highest BCUT2D eigenvalue weighted by molar-refractivity contribution is 6.22. The van der Waals surface area contributed by atoms with Crippen LogP contribution in [-0.2, 0) is 0 Å². The van der Waals surface area contributed by atoms with Crippen molar-refractivity contribution in [3.63, 3.8) is 0 Å². The predicted octanol–water partition coefficient (Wildman–Crippen LogP) is 4.98. The zero-order valence-corrected chi connectivity index (χ0v) is 14.4. The Kier molecular flexibility index (Phi) is 5.29. The Morgan fingerprint density at radius 1 is 0.692 bits per heavy atom. The second kappa shape index (κ2) is 7.98. The van der Waals surface area contributed by atoms with Gasteiger partial charge in [0.1, 0.15) is 0 Å². The molecule has 0 saturated heterocycles. The van der Waals surface area contributed by atoms with Gasteiger partial charge in [0.2, 0.25) is 0 Å². The van der Waals surface area contributed by atoms with Gasteiger partial charge in [0, 0.05) is 18.4 Å². The van der Waals surface area contributed by atoms with Gasteiger partial charge in [-0.1, -0.05) is 54.6 Å². The van der Waals surface area contributed by atoms with Crippen molar-refractivity contribution >= 4 is 29.1 Å². The average Bonchev–Trinajstić information content (AvgIpc) is 2.70. The molecule has 5 nitrogen and oxygen atoms in total. The van der Waals surface area contributed by atoms with Gasteiger partial charge in [0.15, 0.2) is 0 Å². The Morgan fingerprint density at radius 3 is 1.69 bits per heavy atom. The summed E-state index contributed by atoms with van der Waals surface area (Å²) in [5, 5.41) is 2.77. The van der Waals surface area contributed by atoms with Crippen molar-refractivity contribution in [1.82, 2.24) is 0 Å². The van der Waals surface area contributed by atoms with Crippen LogP contribution in [0, 0.1) is 0 Å². The van der Waals surface area contributed by atoms with E-state index in [4.69, 9.17) is 0 Å². The van der Waals surface area contributed by atoms with E-state index in [2.05, 4.69) is 5.32 Å². The van der Waals surface area contributed by atoms with Crippen molar-refractivity contribution < 1.29 is 9.59 Å². The second-order valence-corrected chi connectivity index (χ2v) is 5.64. The fourth-order valence-electron chi connectivity index (χ4n) is 2.50. The van der Waals surface area contributed by atoms with Crippen molar-refractivity contribution in [2.24, 2.45) is 0 Å². The maximum Gasteiger partial charge on any atom is 0.337 e. The molecule has 0 bridgehead atoms. The van der Waals surface area contributed by atoms with Crippen molar-refractivity contribution in [2.45, 2.75) is 0 Å². The number of rotatable bonds is 3. The van der Waals surface area contributed by atoms with Gasteiger partial charge in [0.25, 0.3) is 0 Å². The lowest BCUT2D eigenvalue weighted by Crippen LogP contribution is -2.47. The Labute approximate surface area is 152 Å². The molecule has 0 saturated carbocycles. The number of benzene rings is 3. The summed E-state index contributed by atoms with van der Waals surface area (Å²) in [6.07, 6.45) is 0. The van der Waals surface area contributed by atoms with Crippen LogP contribution >= 0.6 is 0 Å². The lowest BCUT2D eigenvalue weighted by Gasteiger charge is -2.27. The van der Waals surface area contributed by atoms with E-state index in [1.165, 1.54) is 4.90 Å². The van der Waals surface area contributed by atoms with Crippen LogP contribution in [0.2, 0.25) is 0 Å². The third-order valence-electron chi connectivity index (χ3n) is 3.86. The minimum Gasteiger partial charge on any atom is -0.307 e. The number of nitrogens with zero attached hydrogens (tertiary/aromatic N) is 2. The normalized spacial score (nSPS) is 10.0. The largest absolute Gasteiger partial charge is 0.337 e. The minimum absolute atomic E-state index is 0.448. The molecule has 0 fully saturated rings. The molecule has 0 aromatic heterocycles. The van der Waals surface area contributed by atoms with E-state index < -0.39 is 12.1 Å². The Bertz CT molecular complexity index is 868. The zero-order valence-electron chi connectivity index (χ0n) is 14.4. The van der Waals surface area contributed by atoms with Crippen LogP contribution < -0.4 is 15.1 Å². The van der Waals surface area contributed by atoms with Crippen LogP contribution in [-0.4, -0.2) is 19.1 Å². The molecule has 4 amide bonds. The molecule has 0 atom stereocenters. The molecule has 0 radical (unpaired) electrons. The molecule has 0 aliphatic carbocycles. The smallest absolute Gasteiger partial charge is 0.307 e. The van der Waals surface area contributed by atoms with Crippen LogP contribution in [0.1, 0.15) is 0 Å². The minimum atomic E-state index is -0.518. The average molecular weight is 345 g/mol. The highest BCUT2D eigenvalue weighted by atomic mass is 16.2. The first kappa shape index (κ1) is 17.2. The maximum atomic E-state index is 13.1. The molecule has 3 aromatic rings. The van der Waals surface area contributed by atoms with Crippen LogP contribution in [0.25, 0.3) is 0 Å². The molecule has 0 heterocycles. The highest BCUT2D eigenvalue weighted by Crippen LogP contribution is 2.20. The van der Waals surface area contributed by atoms with Gasteiger partial charge < -0.3 is 5.32 Å². The van der Waals surface area contributed by atoms with Crippen LogP contribution in [0.15, 0.2) is 91.0 Å². The number of urea groups is 2. The summed E-state index contributed by atoms with van der Waals surface area (Å²) in [6.45, 7) is 0. The molecule has 5 heteroatoms. The molecule has 26 heavy (non-hydrogen) atoms. The Hall–Kier alpha value is -3.60. The van der Waals surface area contributed by atoms with Gasteiger partial charge in [-0.05, 0) is 36.4 Å². The summed E-state index contributed by atoms with van der Waals surface area (Å²) in [6, 6.07) is 26.1. The number of carbonyl (C=O) groups is 2. The highest BCUT2D eigenvalue weighted by Gasteiger charge is 2.27. The van der Waals surface area contributed by atoms with E-state index in [9.17, 15) is 9.59 Å². The maximum absolute atomic E-state index is 13.1. The summed E-state index contributed by atoms with van der Waals surface area (Å²) in [5.41, 5.74) is 1.81. The lowest BCUT2D eigenvalue weighted by molar-refractivity contribution is 0.244. The molecular formula is C21H19N3O2. The van der Waals surface area contributed by atoms with E-state index in [1.807, 2.05) is 54.6 Å². The number of hydrogen-bond acceptors (Lipinski definition) is 2. The summed E-state index contributed by atoms with van der Waals surface area (Å²) in [7, 11) is 1.64. The van der Waals surface area contributed by atoms with E-state index in [-0.39, 0.29) is 0 Å². The molecule has 1 N–H and O–H groups in total. The number of imide groups is 1. The SMILES string of the molecule is CN(C(=O)N(C(=O)Nc1ccccc1)c1ccccc1)c1ccccc1. The quantitative estimate of drug-likeness (QED) is 0.728. The molecular weight excluding hydrogens is 326 g/mol. The number of hydrogen-bond donors (Lipinski definition) is 1. The van der Waals surface area contributed by atoms with Crippen LogP contribution in [0.5, 0.6) is 0 Å². The van der Waals surface area contributed by atoms with Crippen molar-refractivity contribution in [3.05, 3.63) is 91.0 Å². The van der Waals surface area contributed by atoms with Crippen molar-refractivity contribution in [3.8, 4) is 0 Å². The Balaban J connectivity index is 1.91. The monoisotopic (exact) mass is 345 g/mol. The lowest BCUT2D eigenvalue weighted by atomic mass is 10.3. The molecule has 0 spiro atoms. The molecule has 3 aromatic carbocycles. The zero-order chi connectivity index (χ0) is 18.4. The summed E-state index contributed by atoms with van der Waals surface area (Å²) in [4.78, 5) is 28.5. The molecule has 0 aliphatic rings. The number of para-hydroxylation sites is 3. The Morgan fingerprint density at radius 2 is 1.15 bits per heavy atom. The standard InChI is InChI=1S/C21H19N3O2/c1-23(18-13-7-3-8-14-18)21(26)24(19-15-9-4-10-16-19)20(25)22-17-11-5-2-6-12-17/h2-16H,1H3,(H,22,25). The number of nitrogens with one attached hydrogen (secondary N) is 1. The van der Waals surface area contributed by atoms with Gasteiger partial charge in [-0.25, -0.2) is 14.5 Å². The van der Waals surface area contributed by atoms with Crippen LogP contribution in [0.4, 0.5) is 26.7 Å². The molecule has 0 unspecified atom stereocenters. The van der Waals surface area contributed by atoms with Gasteiger partial charge in [0.05, 0.1) is 5.69 Å². The number of anilines is 3. The molecule has 130 valence electrons. The summed E-state index contributed by atoms with van der Waals surface area (Å²) >= 11 is 0. The number of carbonyl (C=O) groups excluding carboxylic acids is 2. The summed E-state index contributed by atoms with van der Waals surface area (Å²) in [5.74, 6) is 0. The second-order valence-electron chi connectivity index (χ2n) is 5.64. The first-order valence-corrected chi connectivity index (χ1v) is 8.21. The fraction of sp³-hybridized carbons (Fsp3) is 0.0476. The number of amides is 4. The third kappa shape index (κ3) is 3.89. The van der Waals surface area contributed by atoms with E-state index in [0.29, 0.717) is 17.1 Å². The van der Waals surface area contributed by atoms with E-state index in [0.717, 1.165) is 4.90 Å². The first-order valence-electron chi connectivity index (χ1n) is 8.21.